The average molecular weight is 284 g/mol. The summed E-state index contributed by atoms with van der Waals surface area (Å²) in [6.07, 6.45) is -5.04. The molecule has 0 radical (unpaired) electrons. The van der Waals surface area contributed by atoms with Gasteiger partial charge in [0.1, 0.15) is 10.3 Å². The number of nitrogens with zero attached hydrogens (tertiary/aromatic N) is 1. The summed E-state index contributed by atoms with van der Waals surface area (Å²) in [5.41, 5.74) is -1.05. The SMILES string of the molecule is O=C(O)Cc1cc(Br)nc(C(F)(F)F)c1. The highest BCUT2D eigenvalue weighted by molar-refractivity contribution is 9.10. The molecule has 1 N–H and O–H groups in total. The van der Waals surface area contributed by atoms with Gasteiger partial charge >= 0.3 is 12.1 Å². The van der Waals surface area contributed by atoms with E-state index in [0.29, 0.717) is 0 Å². The van der Waals surface area contributed by atoms with Crippen molar-refractivity contribution in [3.05, 3.63) is 28.0 Å². The third-order valence-electron chi connectivity index (χ3n) is 1.50. The fourth-order valence-electron chi connectivity index (χ4n) is 0.972. The Kier molecular flexibility index (Phi) is 3.33. The Hall–Kier alpha value is -1.11. The van der Waals surface area contributed by atoms with E-state index < -0.39 is 24.3 Å². The summed E-state index contributed by atoms with van der Waals surface area (Å²) in [5.74, 6) is -1.19. The van der Waals surface area contributed by atoms with Gasteiger partial charge in [-0.2, -0.15) is 13.2 Å². The smallest absolute Gasteiger partial charge is 0.433 e. The molecule has 0 aliphatic rings. The van der Waals surface area contributed by atoms with Crippen LogP contribution < -0.4 is 0 Å². The Bertz CT molecular complexity index is 392. The summed E-state index contributed by atoms with van der Waals surface area (Å²) in [7, 11) is 0. The van der Waals surface area contributed by atoms with Crippen molar-refractivity contribution in [2.24, 2.45) is 0 Å². The Labute approximate surface area is 91.1 Å². The number of hydrogen-bond donors (Lipinski definition) is 1. The van der Waals surface area contributed by atoms with Crippen LogP contribution in [0.2, 0.25) is 0 Å². The summed E-state index contributed by atoms with van der Waals surface area (Å²) in [5, 5.41) is 8.43. The molecule has 82 valence electrons. The van der Waals surface area contributed by atoms with E-state index in [9.17, 15) is 18.0 Å². The maximum absolute atomic E-state index is 12.3. The van der Waals surface area contributed by atoms with Gasteiger partial charge in [-0.1, -0.05) is 0 Å². The molecule has 0 aromatic carbocycles. The zero-order valence-corrected chi connectivity index (χ0v) is 8.76. The van der Waals surface area contributed by atoms with Crippen molar-refractivity contribution in [1.29, 1.82) is 0 Å². The number of aliphatic carboxylic acids is 1. The van der Waals surface area contributed by atoms with Gasteiger partial charge in [-0.3, -0.25) is 4.79 Å². The molecule has 0 spiro atoms. The van der Waals surface area contributed by atoms with Gasteiger partial charge in [0.05, 0.1) is 6.42 Å². The molecule has 0 fully saturated rings. The quantitative estimate of drug-likeness (QED) is 0.849. The molecule has 0 bridgehead atoms. The van der Waals surface area contributed by atoms with Gasteiger partial charge in [0.25, 0.3) is 0 Å². The van der Waals surface area contributed by atoms with Crippen molar-refractivity contribution in [2.45, 2.75) is 12.6 Å². The van der Waals surface area contributed by atoms with E-state index >= 15 is 0 Å². The number of hydrogen-bond acceptors (Lipinski definition) is 2. The molecule has 0 saturated heterocycles. The molecule has 0 aliphatic heterocycles. The molecule has 1 aromatic heterocycles. The predicted molar refractivity (Wildman–Crippen MR) is 48.3 cm³/mol. The van der Waals surface area contributed by atoms with Gasteiger partial charge in [-0.15, -0.1) is 0 Å². The van der Waals surface area contributed by atoms with Gasteiger partial charge in [0.2, 0.25) is 0 Å². The first kappa shape index (κ1) is 12.0. The highest BCUT2D eigenvalue weighted by Crippen LogP contribution is 2.29. The molecule has 3 nitrogen and oxygen atoms in total. The minimum Gasteiger partial charge on any atom is -0.481 e. The van der Waals surface area contributed by atoms with Crippen LogP contribution in [0.25, 0.3) is 0 Å². The molecule has 1 aromatic rings. The number of aromatic nitrogens is 1. The third-order valence-corrected chi connectivity index (χ3v) is 1.91. The molecule has 1 rings (SSSR count). The highest BCUT2D eigenvalue weighted by Gasteiger charge is 2.33. The zero-order chi connectivity index (χ0) is 11.6. The second kappa shape index (κ2) is 4.18. The fourth-order valence-corrected chi connectivity index (χ4v) is 1.46. The molecule has 0 saturated carbocycles. The van der Waals surface area contributed by atoms with E-state index in [0.717, 1.165) is 6.07 Å². The van der Waals surface area contributed by atoms with Crippen LogP contribution in [0.5, 0.6) is 0 Å². The lowest BCUT2D eigenvalue weighted by Gasteiger charge is -2.07. The molecule has 15 heavy (non-hydrogen) atoms. The van der Waals surface area contributed by atoms with Gasteiger partial charge in [0.15, 0.2) is 0 Å². The van der Waals surface area contributed by atoms with Crippen molar-refractivity contribution < 1.29 is 23.1 Å². The van der Waals surface area contributed by atoms with Crippen LogP contribution >= 0.6 is 15.9 Å². The lowest BCUT2D eigenvalue weighted by atomic mass is 10.1. The number of carboxylic acids is 1. The highest BCUT2D eigenvalue weighted by atomic mass is 79.9. The van der Waals surface area contributed by atoms with E-state index in [2.05, 4.69) is 20.9 Å². The van der Waals surface area contributed by atoms with Crippen LogP contribution in [-0.2, 0) is 17.4 Å². The summed E-state index contributed by atoms with van der Waals surface area (Å²) in [4.78, 5) is 13.5. The van der Waals surface area contributed by atoms with E-state index in [1.165, 1.54) is 6.07 Å². The maximum Gasteiger partial charge on any atom is 0.433 e. The van der Waals surface area contributed by atoms with Gasteiger partial charge in [-0.05, 0) is 33.6 Å². The van der Waals surface area contributed by atoms with Gasteiger partial charge in [0, 0.05) is 0 Å². The normalized spacial score (nSPS) is 11.5. The number of carboxylic acid groups (broad SMARTS) is 1. The number of rotatable bonds is 2. The molecule has 0 atom stereocenters. The zero-order valence-electron chi connectivity index (χ0n) is 7.18. The predicted octanol–water partition coefficient (Wildman–Crippen LogP) is 2.49. The molecule has 0 unspecified atom stereocenters. The number of halogens is 4. The van der Waals surface area contributed by atoms with Crippen LogP contribution in [0.15, 0.2) is 16.7 Å². The molecule has 0 amide bonds. The minimum atomic E-state index is -4.57. The molecular weight excluding hydrogens is 279 g/mol. The fraction of sp³-hybridized carbons (Fsp3) is 0.250. The van der Waals surface area contributed by atoms with Crippen LogP contribution in [0.3, 0.4) is 0 Å². The van der Waals surface area contributed by atoms with Crippen molar-refractivity contribution in [3.8, 4) is 0 Å². The molecule has 0 aliphatic carbocycles. The van der Waals surface area contributed by atoms with E-state index in [-0.39, 0.29) is 10.2 Å². The van der Waals surface area contributed by atoms with Crippen molar-refractivity contribution in [3.63, 3.8) is 0 Å². The lowest BCUT2D eigenvalue weighted by Crippen LogP contribution is -2.10. The summed E-state index contributed by atoms with van der Waals surface area (Å²) >= 11 is 2.79. The largest absolute Gasteiger partial charge is 0.481 e. The first-order chi connectivity index (χ1) is 6.79. The topological polar surface area (TPSA) is 50.2 Å². The summed E-state index contributed by atoms with van der Waals surface area (Å²) in [6.45, 7) is 0. The van der Waals surface area contributed by atoms with Crippen molar-refractivity contribution in [1.82, 2.24) is 4.98 Å². The van der Waals surface area contributed by atoms with E-state index in [4.69, 9.17) is 5.11 Å². The lowest BCUT2D eigenvalue weighted by molar-refractivity contribution is -0.141. The van der Waals surface area contributed by atoms with Crippen LogP contribution in [0, 0.1) is 0 Å². The average Bonchev–Trinajstić information content (AvgIpc) is 1.99. The third kappa shape index (κ3) is 3.50. The van der Waals surface area contributed by atoms with Crippen molar-refractivity contribution >= 4 is 21.9 Å². The van der Waals surface area contributed by atoms with Gasteiger partial charge in [-0.25, -0.2) is 4.98 Å². The Balaban J connectivity index is 3.11. The number of alkyl halides is 3. The first-order valence-corrected chi connectivity index (χ1v) is 4.54. The number of pyridine rings is 1. The van der Waals surface area contributed by atoms with Crippen LogP contribution in [-0.4, -0.2) is 16.1 Å². The van der Waals surface area contributed by atoms with E-state index in [1.54, 1.807) is 0 Å². The standard InChI is InChI=1S/C8H5BrF3NO2/c9-6-2-4(3-7(14)15)1-5(13-6)8(10,11)12/h1-2H,3H2,(H,14,15). The summed E-state index contributed by atoms with van der Waals surface area (Å²) in [6, 6.07) is 1.96. The Morgan fingerprint density at radius 3 is 2.53 bits per heavy atom. The Morgan fingerprint density at radius 2 is 2.07 bits per heavy atom. The monoisotopic (exact) mass is 283 g/mol. The summed E-state index contributed by atoms with van der Waals surface area (Å²) < 4.78 is 36.7. The number of carbonyl (C=O) groups is 1. The van der Waals surface area contributed by atoms with Gasteiger partial charge < -0.3 is 5.11 Å². The van der Waals surface area contributed by atoms with Crippen LogP contribution in [0.4, 0.5) is 13.2 Å². The Morgan fingerprint density at radius 1 is 1.47 bits per heavy atom. The molecular formula is C8H5BrF3NO2. The van der Waals surface area contributed by atoms with Crippen molar-refractivity contribution in [2.75, 3.05) is 0 Å². The van der Waals surface area contributed by atoms with E-state index in [1.807, 2.05) is 0 Å². The second-order valence-corrected chi connectivity index (χ2v) is 3.56. The molecule has 7 heteroatoms. The maximum atomic E-state index is 12.3. The second-order valence-electron chi connectivity index (χ2n) is 2.75. The van der Waals surface area contributed by atoms with Crippen LogP contribution in [0.1, 0.15) is 11.3 Å². The minimum absolute atomic E-state index is 0.0337. The molecule has 1 heterocycles. The first-order valence-electron chi connectivity index (χ1n) is 3.74.